The third kappa shape index (κ3) is 4.48. The van der Waals surface area contributed by atoms with Crippen molar-refractivity contribution in [2.24, 2.45) is 5.92 Å². The zero-order valence-corrected chi connectivity index (χ0v) is 12.4. The Morgan fingerprint density at radius 2 is 2.00 bits per heavy atom. The standard InChI is InChI=1S/C16H18N2O4/c1-16(11-17,12-7-8-12)18-14(19)9-22-15(20)10-21-13-5-3-2-4-6-13/h2-6,12H,7-10H2,1H3,(H,18,19)/t16-/m1/s1. The number of esters is 1. The second-order valence-corrected chi connectivity index (χ2v) is 5.40. The summed E-state index contributed by atoms with van der Waals surface area (Å²) in [5.74, 6) is -0.388. The Bertz CT molecular complexity index is 578. The van der Waals surface area contributed by atoms with Crippen LogP contribution in [0.15, 0.2) is 30.3 Å². The highest BCUT2D eigenvalue weighted by Crippen LogP contribution is 2.39. The maximum Gasteiger partial charge on any atom is 0.344 e. The molecular weight excluding hydrogens is 284 g/mol. The minimum absolute atomic E-state index is 0.179. The fraction of sp³-hybridized carbons (Fsp3) is 0.438. The lowest BCUT2D eigenvalue weighted by Gasteiger charge is -2.22. The van der Waals surface area contributed by atoms with Crippen LogP contribution in [0.3, 0.4) is 0 Å². The molecule has 2 rings (SSSR count). The molecule has 6 heteroatoms. The third-order valence-corrected chi connectivity index (χ3v) is 3.49. The van der Waals surface area contributed by atoms with Gasteiger partial charge in [0.1, 0.15) is 11.3 Å². The van der Waals surface area contributed by atoms with E-state index in [1.54, 1.807) is 31.2 Å². The molecule has 0 aromatic heterocycles. The first-order valence-corrected chi connectivity index (χ1v) is 7.09. The molecule has 116 valence electrons. The van der Waals surface area contributed by atoms with Gasteiger partial charge in [-0.05, 0) is 37.8 Å². The Morgan fingerprint density at radius 3 is 2.59 bits per heavy atom. The lowest BCUT2D eigenvalue weighted by atomic mass is 9.98. The molecule has 1 aliphatic rings. The van der Waals surface area contributed by atoms with Crippen molar-refractivity contribution in [3.8, 4) is 11.8 Å². The molecule has 1 N–H and O–H groups in total. The Hall–Kier alpha value is -2.55. The number of carbonyl (C=O) groups excluding carboxylic acids is 2. The first kappa shape index (κ1) is 15.8. The number of nitrogens with zero attached hydrogens (tertiary/aromatic N) is 1. The average molecular weight is 302 g/mol. The highest BCUT2D eigenvalue weighted by atomic mass is 16.6. The molecule has 0 unspecified atom stereocenters. The van der Waals surface area contributed by atoms with Crippen LogP contribution in [0.25, 0.3) is 0 Å². The van der Waals surface area contributed by atoms with Crippen LogP contribution in [0, 0.1) is 17.2 Å². The van der Waals surface area contributed by atoms with Crippen LogP contribution in [0.2, 0.25) is 0 Å². The molecule has 1 aliphatic carbocycles. The van der Waals surface area contributed by atoms with Gasteiger partial charge in [-0.25, -0.2) is 4.79 Å². The van der Waals surface area contributed by atoms with Crippen LogP contribution < -0.4 is 10.1 Å². The molecule has 0 radical (unpaired) electrons. The average Bonchev–Trinajstić information content (AvgIpc) is 3.37. The molecule has 1 fully saturated rings. The van der Waals surface area contributed by atoms with Crippen molar-refractivity contribution in [2.75, 3.05) is 13.2 Å². The summed E-state index contributed by atoms with van der Waals surface area (Å²) in [5.41, 5.74) is -0.885. The van der Waals surface area contributed by atoms with Crippen molar-refractivity contribution in [3.63, 3.8) is 0 Å². The van der Waals surface area contributed by atoms with E-state index in [0.29, 0.717) is 5.75 Å². The van der Waals surface area contributed by atoms with E-state index < -0.39 is 24.0 Å². The highest BCUT2D eigenvalue weighted by Gasteiger charge is 2.43. The molecule has 0 heterocycles. The SMILES string of the molecule is C[C@](C#N)(NC(=O)COC(=O)COc1ccccc1)C1CC1. The number of nitriles is 1. The fourth-order valence-electron chi connectivity index (χ4n) is 2.05. The smallest absolute Gasteiger partial charge is 0.344 e. The first-order valence-electron chi connectivity index (χ1n) is 7.09. The van der Waals surface area contributed by atoms with Crippen molar-refractivity contribution < 1.29 is 19.1 Å². The van der Waals surface area contributed by atoms with Gasteiger partial charge in [-0.15, -0.1) is 0 Å². The van der Waals surface area contributed by atoms with Gasteiger partial charge in [-0.3, -0.25) is 4.79 Å². The normalized spacial score (nSPS) is 16.0. The summed E-state index contributed by atoms with van der Waals surface area (Å²) in [6.45, 7) is 0.999. The summed E-state index contributed by atoms with van der Waals surface area (Å²) in [6.07, 6.45) is 1.85. The van der Waals surface area contributed by atoms with Gasteiger partial charge in [0.05, 0.1) is 6.07 Å². The minimum Gasteiger partial charge on any atom is -0.482 e. The van der Waals surface area contributed by atoms with E-state index in [1.807, 2.05) is 6.07 Å². The Balaban J connectivity index is 1.69. The number of hydrogen-bond acceptors (Lipinski definition) is 5. The second kappa shape index (κ2) is 6.94. The van der Waals surface area contributed by atoms with Gasteiger partial charge in [-0.2, -0.15) is 5.26 Å². The van der Waals surface area contributed by atoms with Crippen LogP contribution in [0.1, 0.15) is 19.8 Å². The van der Waals surface area contributed by atoms with Crippen LogP contribution in [-0.4, -0.2) is 30.6 Å². The van der Waals surface area contributed by atoms with Crippen molar-refractivity contribution in [1.29, 1.82) is 5.26 Å². The maximum atomic E-state index is 11.7. The fourth-order valence-corrected chi connectivity index (χ4v) is 2.05. The summed E-state index contributed by atoms with van der Waals surface area (Å²) < 4.78 is 10.0. The van der Waals surface area contributed by atoms with Crippen molar-refractivity contribution in [3.05, 3.63) is 30.3 Å². The van der Waals surface area contributed by atoms with Gasteiger partial charge in [0.15, 0.2) is 13.2 Å². The number of nitrogens with one attached hydrogen (secondary N) is 1. The monoisotopic (exact) mass is 302 g/mol. The number of carbonyl (C=O) groups is 2. The number of ether oxygens (including phenoxy) is 2. The molecule has 0 aliphatic heterocycles. The molecular formula is C16H18N2O4. The third-order valence-electron chi connectivity index (χ3n) is 3.49. The highest BCUT2D eigenvalue weighted by molar-refractivity contribution is 5.81. The molecule has 0 saturated heterocycles. The Labute approximate surface area is 129 Å². The number of benzene rings is 1. The van der Waals surface area contributed by atoms with E-state index in [1.165, 1.54) is 0 Å². The van der Waals surface area contributed by atoms with E-state index in [2.05, 4.69) is 11.4 Å². The summed E-state index contributed by atoms with van der Waals surface area (Å²) in [5, 5.41) is 11.8. The largest absolute Gasteiger partial charge is 0.482 e. The van der Waals surface area contributed by atoms with E-state index in [0.717, 1.165) is 12.8 Å². The molecule has 0 spiro atoms. The summed E-state index contributed by atoms with van der Waals surface area (Å²) in [4.78, 5) is 23.3. The van der Waals surface area contributed by atoms with Crippen LogP contribution in [-0.2, 0) is 14.3 Å². The summed E-state index contributed by atoms with van der Waals surface area (Å²) in [6, 6.07) is 10.9. The molecule has 22 heavy (non-hydrogen) atoms. The zero-order chi connectivity index (χ0) is 16.0. The van der Waals surface area contributed by atoms with Gasteiger partial charge in [0, 0.05) is 0 Å². The van der Waals surface area contributed by atoms with Gasteiger partial charge in [0.2, 0.25) is 0 Å². The quantitative estimate of drug-likeness (QED) is 0.769. The zero-order valence-electron chi connectivity index (χ0n) is 12.4. The van der Waals surface area contributed by atoms with Gasteiger partial charge >= 0.3 is 5.97 Å². The number of rotatable bonds is 7. The summed E-state index contributed by atoms with van der Waals surface area (Å²) in [7, 11) is 0. The molecule has 0 bridgehead atoms. The molecule has 1 atom stereocenters. The molecule has 1 aromatic carbocycles. The van der Waals surface area contributed by atoms with Gasteiger partial charge in [-0.1, -0.05) is 18.2 Å². The number of hydrogen-bond donors (Lipinski definition) is 1. The van der Waals surface area contributed by atoms with E-state index >= 15 is 0 Å². The number of amides is 1. The lowest BCUT2D eigenvalue weighted by Crippen LogP contribution is -2.48. The molecule has 1 aromatic rings. The van der Waals surface area contributed by atoms with Crippen LogP contribution in [0.5, 0.6) is 5.75 Å². The Kier molecular flexibility index (Phi) is 4.99. The van der Waals surface area contributed by atoms with E-state index in [-0.39, 0.29) is 12.5 Å². The maximum absolute atomic E-state index is 11.7. The van der Waals surface area contributed by atoms with Crippen LogP contribution >= 0.6 is 0 Å². The van der Waals surface area contributed by atoms with Crippen molar-refractivity contribution in [2.45, 2.75) is 25.3 Å². The van der Waals surface area contributed by atoms with Gasteiger partial charge < -0.3 is 14.8 Å². The molecule has 6 nitrogen and oxygen atoms in total. The van der Waals surface area contributed by atoms with E-state index in [4.69, 9.17) is 14.7 Å². The Morgan fingerprint density at radius 1 is 1.32 bits per heavy atom. The van der Waals surface area contributed by atoms with Crippen LogP contribution in [0.4, 0.5) is 0 Å². The molecule has 1 saturated carbocycles. The topological polar surface area (TPSA) is 88.4 Å². The second-order valence-electron chi connectivity index (χ2n) is 5.40. The van der Waals surface area contributed by atoms with Crippen molar-refractivity contribution >= 4 is 11.9 Å². The first-order chi connectivity index (χ1) is 10.5. The minimum atomic E-state index is -0.885. The molecule has 1 amide bonds. The van der Waals surface area contributed by atoms with E-state index in [9.17, 15) is 9.59 Å². The van der Waals surface area contributed by atoms with Gasteiger partial charge in [0.25, 0.3) is 5.91 Å². The summed E-state index contributed by atoms with van der Waals surface area (Å²) >= 11 is 0. The predicted molar refractivity (Wildman–Crippen MR) is 77.8 cm³/mol. The lowest BCUT2D eigenvalue weighted by molar-refractivity contribution is -0.150. The predicted octanol–water partition coefficient (Wildman–Crippen LogP) is 1.42. The van der Waals surface area contributed by atoms with Crippen molar-refractivity contribution in [1.82, 2.24) is 5.32 Å². The number of para-hydroxylation sites is 1.